The smallest absolute Gasteiger partial charge is 0.264 e. The predicted molar refractivity (Wildman–Crippen MR) is 303 cm³/mol. The second kappa shape index (κ2) is 16.2. The van der Waals surface area contributed by atoms with Gasteiger partial charge in [0.1, 0.15) is 0 Å². The van der Waals surface area contributed by atoms with E-state index in [-0.39, 0.29) is 17.5 Å². The van der Waals surface area contributed by atoms with Crippen molar-refractivity contribution < 1.29 is 0 Å². The zero-order valence-electron chi connectivity index (χ0n) is 40.4. The number of hydrogen-bond acceptors (Lipinski definition) is 5. The molecule has 0 aliphatic carbocycles. The summed E-state index contributed by atoms with van der Waals surface area (Å²) >= 11 is 3.83. The van der Waals surface area contributed by atoms with Gasteiger partial charge in [-0.05, 0) is 140 Å². The summed E-state index contributed by atoms with van der Waals surface area (Å²) < 4.78 is 2.71. The Labute approximate surface area is 420 Å². The second-order valence-electron chi connectivity index (χ2n) is 21.0. The van der Waals surface area contributed by atoms with Crippen LogP contribution < -0.4 is 30.4 Å². The fraction of sp³-hybridized carbons (Fsp3) is 0.125. The van der Waals surface area contributed by atoms with Gasteiger partial charge in [0.2, 0.25) is 0 Å². The second-order valence-corrected chi connectivity index (χ2v) is 23.2. The number of benzene rings is 9. The lowest BCUT2D eigenvalue weighted by Crippen LogP contribution is -2.60. The molecule has 10 aromatic rings. The van der Waals surface area contributed by atoms with Crippen LogP contribution in [0.1, 0.15) is 52.7 Å². The molecular weight excluding hydrogens is 886 g/mol. The fourth-order valence-electron chi connectivity index (χ4n) is 11.0. The van der Waals surface area contributed by atoms with Crippen LogP contribution in [0.5, 0.6) is 0 Å². The van der Waals surface area contributed by atoms with Gasteiger partial charge in [-0.15, -0.1) is 11.3 Å². The number of anilines is 9. The first kappa shape index (κ1) is 42.8. The summed E-state index contributed by atoms with van der Waals surface area (Å²) in [7, 11) is 0. The predicted octanol–water partition coefficient (Wildman–Crippen LogP) is 16.8. The van der Waals surface area contributed by atoms with Gasteiger partial charge in [-0.2, -0.15) is 0 Å². The van der Waals surface area contributed by atoms with Gasteiger partial charge in [-0.1, -0.05) is 175 Å². The maximum Gasteiger partial charge on any atom is 0.264 e. The Bertz CT molecular complexity index is 3620. The van der Waals surface area contributed by atoms with E-state index in [0.29, 0.717) is 0 Å². The molecule has 6 heteroatoms. The number of fused-ring (bicyclic) bond motifs is 10. The monoisotopic (exact) mass is 937 g/mol. The Morgan fingerprint density at radius 2 is 0.929 bits per heavy atom. The molecule has 1 aromatic heterocycles. The minimum absolute atomic E-state index is 0.0108. The summed E-state index contributed by atoms with van der Waals surface area (Å²) in [6.45, 7) is 13.9. The summed E-state index contributed by atoms with van der Waals surface area (Å²) in [5, 5.41) is 1.30. The molecule has 9 aromatic carbocycles. The maximum atomic E-state index is 2.58. The average molecular weight is 938 g/mol. The van der Waals surface area contributed by atoms with Crippen molar-refractivity contribution in [3.63, 3.8) is 0 Å². The van der Waals surface area contributed by atoms with Crippen molar-refractivity contribution in [3.8, 4) is 22.3 Å². The van der Waals surface area contributed by atoms with E-state index in [1.54, 1.807) is 0 Å². The molecule has 0 spiro atoms. The van der Waals surface area contributed by atoms with Gasteiger partial charge in [0.25, 0.3) is 6.71 Å². The highest BCUT2D eigenvalue weighted by atomic mass is 32.2. The third-order valence-corrected chi connectivity index (χ3v) is 16.8. The fourth-order valence-corrected chi connectivity index (χ4v) is 13.4. The van der Waals surface area contributed by atoms with Crippen LogP contribution in [-0.2, 0) is 10.8 Å². The van der Waals surface area contributed by atoms with Crippen molar-refractivity contribution in [3.05, 3.63) is 217 Å². The number of nitrogens with zero attached hydrogens (tertiary/aromatic N) is 3. The topological polar surface area (TPSA) is 9.72 Å². The van der Waals surface area contributed by atoms with E-state index in [2.05, 4.69) is 262 Å². The molecule has 2 bridgehead atoms. The minimum Gasteiger partial charge on any atom is -0.310 e. The van der Waals surface area contributed by atoms with E-state index in [4.69, 9.17) is 0 Å². The first-order chi connectivity index (χ1) is 34.0. The zero-order chi connectivity index (χ0) is 47.5. The number of hydrogen-bond donors (Lipinski definition) is 0. The molecule has 0 amide bonds. The van der Waals surface area contributed by atoms with Crippen LogP contribution in [0.4, 0.5) is 51.2 Å². The summed E-state index contributed by atoms with van der Waals surface area (Å²) in [5.41, 5.74) is 20.8. The molecule has 70 heavy (non-hydrogen) atoms. The molecule has 338 valence electrons. The van der Waals surface area contributed by atoms with Crippen molar-refractivity contribution in [1.29, 1.82) is 0 Å². The molecule has 0 saturated heterocycles. The summed E-state index contributed by atoms with van der Waals surface area (Å²) in [6.07, 6.45) is 0. The molecule has 0 fully saturated rings. The van der Waals surface area contributed by atoms with Crippen molar-refractivity contribution in [2.24, 2.45) is 0 Å². The van der Waals surface area contributed by atoms with Crippen LogP contribution >= 0.6 is 23.1 Å². The van der Waals surface area contributed by atoms with Crippen molar-refractivity contribution in [2.45, 2.75) is 62.2 Å². The first-order valence-corrected chi connectivity index (χ1v) is 26.1. The molecule has 13 rings (SSSR count). The van der Waals surface area contributed by atoms with Gasteiger partial charge in [-0.3, -0.25) is 0 Å². The highest BCUT2D eigenvalue weighted by Gasteiger charge is 2.46. The summed E-state index contributed by atoms with van der Waals surface area (Å²) in [6, 6.07) is 77.6. The van der Waals surface area contributed by atoms with Gasteiger partial charge in [0.05, 0.1) is 17.1 Å². The van der Waals surface area contributed by atoms with Crippen LogP contribution in [0.2, 0.25) is 0 Å². The number of para-hydroxylation sites is 2. The van der Waals surface area contributed by atoms with Gasteiger partial charge in [0.15, 0.2) is 0 Å². The normalized spacial score (nSPS) is 13.7. The standard InChI is InChI=1S/C64H52BN3S2/c1-63(2,3)45-28-31-47(32-29-45)67-54-24-17-25-55-60(54)65(62-61(67)50-34-30-46(64(4,5)6)39-59(50)70-62)51-35-33-48-40-56(51)68(55)53-23-14-16-27-58(53)69-57-26-15-13-22-52(57)66(48)49-37-43(41-18-9-7-10-19-41)36-44(38-49)42-20-11-8-12-21-42/h7-40H,1-6H3. The lowest BCUT2D eigenvalue weighted by atomic mass is 9.36. The molecule has 0 radical (unpaired) electrons. The Kier molecular flexibility index (Phi) is 9.89. The van der Waals surface area contributed by atoms with Crippen LogP contribution in [0.25, 0.3) is 32.3 Å². The summed E-state index contributed by atoms with van der Waals surface area (Å²) in [4.78, 5) is 10.1. The Hall–Kier alpha value is -7.25. The molecule has 0 unspecified atom stereocenters. The van der Waals surface area contributed by atoms with Gasteiger partial charge in [0, 0.05) is 58.8 Å². The Morgan fingerprint density at radius 3 is 1.56 bits per heavy atom. The molecule has 3 aliphatic rings. The average Bonchev–Trinajstić information content (AvgIpc) is 3.76. The third-order valence-electron chi connectivity index (χ3n) is 14.5. The van der Waals surface area contributed by atoms with Crippen LogP contribution in [-0.4, -0.2) is 6.71 Å². The molecule has 0 atom stereocenters. The van der Waals surface area contributed by atoms with Crippen LogP contribution in [0.3, 0.4) is 0 Å². The first-order valence-electron chi connectivity index (χ1n) is 24.4. The highest BCUT2D eigenvalue weighted by molar-refractivity contribution is 7.99. The quantitative estimate of drug-likeness (QED) is 0.163. The van der Waals surface area contributed by atoms with E-state index in [9.17, 15) is 0 Å². The highest BCUT2D eigenvalue weighted by Crippen LogP contribution is 2.53. The number of thiophene rings is 1. The van der Waals surface area contributed by atoms with Crippen LogP contribution in [0.15, 0.2) is 216 Å². The zero-order valence-corrected chi connectivity index (χ0v) is 42.0. The van der Waals surface area contributed by atoms with Gasteiger partial charge < -0.3 is 14.7 Å². The third kappa shape index (κ3) is 6.94. The molecule has 0 saturated carbocycles. The largest absolute Gasteiger partial charge is 0.310 e. The lowest BCUT2D eigenvalue weighted by molar-refractivity contribution is 0.590. The van der Waals surface area contributed by atoms with Gasteiger partial charge in [-0.25, -0.2) is 0 Å². The van der Waals surface area contributed by atoms with E-state index in [1.165, 1.54) is 103 Å². The van der Waals surface area contributed by atoms with Crippen molar-refractivity contribution in [1.82, 2.24) is 0 Å². The molecule has 4 heterocycles. The molecule has 3 nitrogen and oxygen atoms in total. The Morgan fingerprint density at radius 1 is 0.386 bits per heavy atom. The Balaban J connectivity index is 1.09. The van der Waals surface area contributed by atoms with E-state index in [1.807, 2.05) is 23.1 Å². The molecule has 0 N–H and O–H groups in total. The van der Waals surface area contributed by atoms with Gasteiger partial charge >= 0.3 is 0 Å². The number of rotatable bonds is 4. The minimum atomic E-state index is 0.0108. The van der Waals surface area contributed by atoms with E-state index >= 15 is 0 Å². The van der Waals surface area contributed by atoms with Crippen molar-refractivity contribution in [2.75, 3.05) is 14.7 Å². The summed E-state index contributed by atoms with van der Waals surface area (Å²) in [5.74, 6) is 0. The van der Waals surface area contributed by atoms with E-state index < -0.39 is 0 Å². The molecular formula is C64H52BN3S2. The maximum absolute atomic E-state index is 2.58. The SMILES string of the molecule is CC(C)(C)c1ccc(N2c3cccc4c3B(c3ccc5cc3N4c3ccccc3Sc3ccccc3N5c3cc(-c4ccccc4)cc(-c4ccccc4)c3)c3sc4cc(C(C)(C)C)ccc4c32)cc1. The van der Waals surface area contributed by atoms with Crippen molar-refractivity contribution >= 4 is 107 Å². The van der Waals surface area contributed by atoms with E-state index in [0.717, 1.165) is 17.1 Å². The molecule has 3 aliphatic heterocycles. The lowest BCUT2D eigenvalue weighted by Gasteiger charge is -2.44. The van der Waals surface area contributed by atoms with Crippen LogP contribution in [0, 0.1) is 0 Å².